The van der Waals surface area contributed by atoms with Crippen molar-refractivity contribution in [1.29, 1.82) is 0 Å². The molecule has 6 heteroatoms. The number of benzene rings is 1. The number of nitrogens with zero attached hydrogens (tertiary/aromatic N) is 2. The van der Waals surface area contributed by atoms with Gasteiger partial charge in [0.15, 0.2) is 0 Å². The van der Waals surface area contributed by atoms with Gasteiger partial charge >= 0.3 is 5.69 Å². The number of para-hydroxylation sites is 1. The lowest BCUT2D eigenvalue weighted by Crippen LogP contribution is -2.42. The Morgan fingerprint density at radius 3 is 2.26 bits per heavy atom. The molecule has 1 heterocycles. The van der Waals surface area contributed by atoms with Crippen molar-refractivity contribution in [2.45, 2.75) is 40.5 Å². The number of hydrogen-bond donors (Lipinski definition) is 0. The summed E-state index contributed by atoms with van der Waals surface area (Å²) in [7, 11) is 0. The van der Waals surface area contributed by atoms with Crippen LogP contribution in [0, 0.1) is 0 Å². The Hall–Kier alpha value is -2.34. The number of ether oxygens (including phenoxy) is 2. The normalized spacial score (nSPS) is 10.7. The Labute approximate surface area is 134 Å². The molecule has 0 aliphatic rings. The molecule has 0 bridgehead atoms. The zero-order valence-corrected chi connectivity index (χ0v) is 13.7. The third kappa shape index (κ3) is 3.53. The molecule has 0 spiro atoms. The topological polar surface area (TPSA) is 62.5 Å². The van der Waals surface area contributed by atoms with Gasteiger partial charge in [0.25, 0.3) is 5.56 Å². The summed E-state index contributed by atoms with van der Waals surface area (Å²) in [5, 5.41) is 0. The molecular weight excluding hydrogens is 296 g/mol. The lowest BCUT2D eigenvalue weighted by molar-refractivity contribution is 0.0775. The van der Waals surface area contributed by atoms with Crippen molar-refractivity contribution in [3.05, 3.63) is 56.7 Å². The van der Waals surface area contributed by atoms with Crippen LogP contribution in [0.1, 0.15) is 26.3 Å². The first-order chi connectivity index (χ1) is 11.1. The van der Waals surface area contributed by atoms with Gasteiger partial charge in [0.05, 0.1) is 5.56 Å². The summed E-state index contributed by atoms with van der Waals surface area (Å²) in [6.07, 6.45) is 0.466. The van der Waals surface area contributed by atoms with Crippen molar-refractivity contribution < 1.29 is 9.47 Å². The second-order valence-electron chi connectivity index (χ2n) is 4.93. The minimum atomic E-state index is -0.422. The second-order valence-corrected chi connectivity index (χ2v) is 4.93. The highest BCUT2D eigenvalue weighted by Crippen LogP contribution is 2.22. The molecule has 1 aromatic carbocycles. The molecule has 0 radical (unpaired) electrons. The molecule has 0 N–H and O–H groups in total. The Morgan fingerprint density at radius 1 is 1.00 bits per heavy atom. The van der Waals surface area contributed by atoms with Gasteiger partial charge in [-0.05, 0) is 32.4 Å². The van der Waals surface area contributed by atoms with Crippen LogP contribution in [0.3, 0.4) is 0 Å². The number of rotatable bonds is 7. The van der Waals surface area contributed by atoms with E-state index in [4.69, 9.17) is 9.47 Å². The summed E-state index contributed by atoms with van der Waals surface area (Å²) >= 11 is 0. The van der Waals surface area contributed by atoms with E-state index in [0.29, 0.717) is 30.9 Å². The van der Waals surface area contributed by atoms with Crippen LogP contribution >= 0.6 is 0 Å². The van der Waals surface area contributed by atoms with E-state index < -0.39 is 5.69 Å². The Bertz CT molecular complexity index is 763. The van der Waals surface area contributed by atoms with Crippen molar-refractivity contribution in [3.8, 4) is 11.6 Å². The van der Waals surface area contributed by atoms with Gasteiger partial charge in [-0.25, -0.2) is 9.36 Å². The van der Waals surface area contributed by atoms with Crippen LogP contribution in [0.25, 0.3) is 0 Å². The van der Waals surface area contributed by atoms with E-state index >= 15 is 0 Å². The maximum absolute atomic E-state index is 12.6. The molecule has 124 valence electrons. The summed E-state index contributed by atoms with van der Waals surface area (Å²) in [6, 6.07) is 9.09. The predicted octanol–water partition coefficient (Wildman–Crippen LogP) is 2.38. The molecule has 0 fully saturated rings. The Morgan fingerprint density at radius 2 is 1.70 bits per heavy atom. The molecular formula is C17H22N2O4. The van der Waals surface area contributed by atoms with Crippen LogP contribution in [-0.2, 0) is 24.4 Å². The van der Waals surface area contributed by atoms with Crippen LogP contribution in [0.2, 0.25) is 0 Å². The van der Waals surface area contributed by atoms with Crippen LogP contribution < -0.4 is 16.0 Å². The highest BCUT2D eigenvalue weighted by molar-refractivity contribution is 5.32. The molecule has 0 amide bonds. The van der Waals surface area contributed by atoms with E-state index in [1.807, 2.05) is 32.0 Å². The second kappa shape index (κ2) is 7.78. The zero-order chi connectivity index (χ0) is 16.8. The molecule has 2 rings (SSSR count). The molecule has 6 nitrogen and oxygen atoms in total. The maximum atomic E-state index is 12.6. The first-order valence-corrected chi connectivity index (χ1v) is 7.81. The molecule has 0 saturated heterocycles. The van der Waals surface area contributed by atoms with Crippen molar-refractivity contribution >= 4 is 0 Å². The van der Waals surface area contributed by atoms with Crippen LogP contribution in [0.5, 0.6) is 11.6 Å². The third-order valence-corrected chi connectivity index (χ3v) is 3.52. The zero-order valence-electron chi connectivity index (χ0n) is 13.7. The predicted molar refractivity (Wildman–Crippen MR) is 88.2 cm³/mol. The van der Waals surface area contributed by atoms with Gasteiger partial charge < -0.3 is 9.47 Å². The van der Waals surface area contributed by atoms with Crippen LogP contribution in [0.4, 0.5) is 0 Å². The van der Waals surface area contributed by atoms with Crippen LogP contribution in [0.15, 0.2) is 39.9 Å². The van der Waals surface area contributed by atoms with Gasteiger partial charge in [0, 0.05) is 13.2 Å². The lowest BCUT2D eigenvalue weighted by Gasteiger charge is -2.18. The van der Waals surface area contributed by atoms with Gasteiger partial charge in [0.1, 0.15) is 12.5 Å². The average molecular weight is 318 g/mol. The van der Waals surface area contributed by atoms with E-state index in [1.165, 1.54) is 9.13 Å². The molecule has 0 aliphatic heterocycles. The van der Waals surface area contributed by atoms with Crippen LogP contribution in [-0.4, -0.2) is 15.7 Å². The largest absolute Gasteiger partial charge is 0.440 e. The highest BCUT2D eigenvalue weighted by atomic mass is 16.5. The smallest absolute Gasteiger partial charge is 0.335 e. The third-order valence-electron chi connectivity index (χ3n) is 3.52. The quantitative estimate of drug-likeness (QED) is 0.786. The van der Waals surface area contributed by atoms with Crippen molar-refractivity contribution in [3.63, 3.8) is 0 Å². The molecule has 0 saturated carbocycles. The Kier molecular flexibility index (Phi) is 5.76. The summed E-state index contributed by atoms with van der Waals surface area (Å²) in [6.45, 7) is 6.30. The summed E-state index contributed by atoms with van der Waals surface area (Å²) < 4.78 is 13.8. The minimum Gasteiger partial charge on any atom is -0.440 e. The van der Waals surface area contributed by atoms with Crippen molar-refractivity contribution in [2.24, 2.45) is 0 Å². The first kappa shape index (κ1) is 17.0. The van der Waals surface area contributed by atoms with E-state index in [-0.39, 0.29) is 18.2 Å². The van der Waals surface area contributed by atoms with Gasteiger partial charge in [0.2, 0.25) is 5.88 Å². The number of hydrogen-bond acceptors (Lipinski definition) is 4. The number of aromatic nitrogens is 2. The lowest BCUT2D eigenvalue weighted by atomic mass is 10.2. The molecule has 23 heavy (non-hydrogen) atoms. The molecule has 2 aromatic rings. The summed E-state index contributed by atoms with van der Waals surface area (Å²) in [5.41, 5.74) is -0.261. The average Bonchev–Trinajstić information content (AvgIpc) is 2.56. The van der Waals surface area contributed by atoms with E-state index in [9.17, 15) is 9.59 Å². The van der Waals surface area contributed by atoms with Gasteiger partial charge in [-0.3, -0.25) is 9.36 Å². The summed E-state index contributed by atoms with van der Waals surface area (Å²) in [5.74, 6) is 0.826. The summed E-state index contributed by atoms with van der Waals surface area (Å²) in [4.78, 5) is 25.1. The molecule has 0 atom stereocenters. The molecule has 0 unspecified atom stereocenters. The maximum Gasteiger partial charge on any atom is 0.335 e. The Balaban J connectivity index is 2.65. The van der Waals surface area contributed by atoms with E-state index in [2.05, 4.69) is 0 Å². The first-order valence-electron chi connectivity index (χ1n) is 7.81. The minimum absolute atomic E-state index is 0.0464. The van der Waals surface area contributed by atoms with Gasteiger partial charge in [-0.15, -0.1) is 0 Å². The van der Waals surface area contributed by atoms with E-state index in [1.54, 1.807) is 19.1 Å². The highest BCUT2D eigenvalue weighted by Gasteiger charge is 2.19. The van der Waals surface area contributed by atoms with Crippen molar-refractivity contribution in [1.82, 2.24) is 9.13 Å². The fourth-order valence-corrected chi connectivity index (χ4v) is 2.33. The fourth-order valence-electron chi connectivity index (χ4n) is 2.33. The van der Waals surface area contributed by atoms with Gasteiger partial charge in [-0.1, -0.05) is 25.1 Å². The standard InChI is InChI=1S/C17H22N2O4/c1-4-14-15(20)18(5-2)17(21)19(12-22-6-3)16(14)23-13-10-8-7-9-11-13/h7-11H,4-6,12H2,1-3H3. The SMILES string of the molecule is CCOCn1c(Oc2ccccc2)c(CC)c(=O)n(CC)c1=O. The van der Waals surface area contributed by atoms with E-state index in [0.717, 1.165) is 0 Å². The molecule has 0 aliphatic carbocycles. The van der Waals surface area contributed by atoms with Crippen molar-refractivity contribution in [2.75, 3.05) is 6.61 Å². The fraction of sp³-hybridized carbons (Fsp3) is 0.412. The van der Waals surface area contributed by atoms with Gasteiger partial charge in [-0.2, -0.15) is 0 Å². The molecule has 1 aromatic heterocycles. The monoisotopic (exact) mass is 318 g/mol.